The Hall–Kier alpha value is -1.99. The molecule has 27 heavy (non-hydrogen) atoms. The van der Waals surface area contributed by atoms with Crippen molar-refractivity contribution in [3.63, 3.8) is 0 Å². The van der Waals surface area contributed by atoms with Crippen LogP contribution in [0.2, 0.25) is 0 Å². The van der Waals surface area contributed by atoms with Gasteiger partial charge in [0.2, 0.25) is 5.91 Å². The summed E-state index contributed by atoms with van der Waals surface area (Å²) in [7, 11) is 0. The number of rotatable bonds is 5. The SMILES string of the molecule is Cc1ccc(C(=O)CCC(=O)NNC(=O)c2cc3c(s2)CCCCCC3)s1. The molecular formula is C20H24N2O3S2. The number of carbonyl (C=O) groups is 3. The van der Waals surface area contributed by atoms with Gasteiger partial charge in [-0.3, -0.25) is 25.2 Å². The average molecular weight is 405 g/mol. The zero-order chi connectivity index (χ0) is 19.2. The second-order valence-electron chi connectivity index (χ2n) is 6.81. The van der Waals surface area contributed by atoms with Gasteiger partial charge in [-0.25, -0.2) is 0 Å². The van der Waals surface area contributed by atoms with Crippen molar-refractivity contribution in [3.05, 3.63) is 43.3 Å². The van der Waals surface area contributed by atoms with Gasteiger partial charge in [-0.05, 0) is 56.4 Å². The van der Waals surface area contributed by atoms with Crippen molar-refractivity contribution in [2.24, 2.45) is 0 Å². The van der Waals surface area contributed by atoms with Crippen LogP contribution in [0.25, 0.3) is 0 Å². The quantitative estimate of drug-likeness (QED) is 0.579. The van der Waals surface area contributed by atoms with Crippen molar-refractivity contribution in [2.75, 3.05) is 0 Å². The van der Waals surface area contributed by atoms with E-state index in [2.05, 4.69) is 10.9 Å². The highest BCUT2D eigenvalue weighted by Crippen LogP contribution is 2.28. The van der Waals surface area contributed by atoms with Crippen molar-refractivity contribution in [1.29, 1.82) is 0 Å². The van der Waals surface area contributed by atoms with E-state index in [1.807, 2.05) is 19.1 Å². The number of hydrazine groups is 1. The topological polar surface area (TPSA) is 75.3 Å². The van der Waals surface area contributed by atoms with E-state index in [9.17, 15) is 14.4 Å². The molecule has 0 saturated carbocycles. The summed E-state index contributed by atoms with van der Waals surface area (Å²) >= 11 is 2.95. The summed E-state index contributed by atoms with van der Waals surface area (Å²) in [5.41, 5.74) is 6.16. The van der Waals surface area contributed by atoms with Crippen LogP contribution >= 0.6 is 22.7 Å². The molecule has 0 fully saturated rings. The molecule has 3 rings (SSSR count). The molecule has 0 aromatic carbocycles. The van der Waals surface area contributed by atoms with Crippen LogP contribution in [0.3, 0.4) is 0 Å². The van der Waals surface area contributed by atoms with E-state index < -0.39 is 0 Å². The van der Waals surface area contributed by atoms with E-state index in [0.29, 0.717) is 9.75 Å². The lowest BCUT2D eigenvalue weighted by atomic mass is 10.00. The van der Waals surface area contributed by atoms with Gasteiger partial charge in [0, 0.05) is 22.6 Å². The maximum Gasteiger partial charge on any atom is 0.279 e. The van der Waals surface area contributed by atoms with Crippen LogP contribution in [0.4, 0.5) is 0 Å². The monoisotopic (exact) mass is 404 g/mol. The number of amides is 2. The van der Waals surface area contributed by atoms with E-state index in [-0.39, 0.29) is 30.4 Å². The lowest BCUT2D eigenvalue weighted by Crippen LogP contribution is -2.41. The molecule has 0 saturated heterocycles. The molecule has 2 aromatic heterocycles. The fourth-order valence-corrected chi connectivity index (χ4v) is 5.13. The van der Waals surface area contributed by atoms with Crippen molar-refractivity contribution < 1.29 is 14.4 Å². The average Bonchev–Trinajstić information content (AvgIpc) is 3.24. The predicted octanol–water partition coefficient (Wildman–Crippen LogP) is 4.20. The Balaban J connectivity index is 1.46. The Kier molecular flexibility index (Phi) is 6.79. The molecule has 2 N–H and O–H groups in total. The third-order valence-electron chi connectivity index (χ3n) is 4.63. The fourth-order valence-electron chi connectivity index (χ4n) is 3.14. The molecule has 2 aromatic rings. The summed E-state index contributed by atoms with van der Waals surface area (Å²) in [6.07, 6.45) is 7.07. The van der Waals surface area contributed by atoms with Gasteiger partial charge in [0.25, 0.3) is 5.91 Å². The van der Waals surface area contributed by atoms with E-state index in [1.165, 1.54) is 58.8 Å². The van der Waals surface area contributed by atoms with Crippen LogP contribution < -0.4 is 10.9 Å². The summed E-state index contributed by atoms with van der Waals surface area (Å²) < 4.78 is 0. The number of hydrogen-bond acceptors (Lipinski definition) is 5. The van der Waals surface area contributed by atoms with Gasteiger partial charge in [0.05, 0.1) is 9.75 Å². The Bertz CT molecular complexity index is 813. The van der Waals surface area contributed by atoms with Crippen LogP contribution in [0.5, 0.6) is 0 Å². The summed E-state index contributed by atoms with van der Waals surface area (Å²) in [5, 5.41) is 0. The Morgan fingerprint density at radius 1 is 0.926 bits per heavy atom. The third kappa shape index (κ3) is 5.49. The lowest BCUT2D eigenvalue weighted by molar-refractivity contribution is -0.121. The first kappa shape index (κ1) is 19.8. The van der Waals surface area contributed by atoms with Gasteiger partial charge < -0.3 is 0 Å². The highest BCUT2D eigenvalue weighted by atomic mass is 32.1. The van der Waals surface area contributed by atoms with Gasteiger partial charge in [0.15, 0.2) is 5.78 Å². The van der Waals surface area contributed by atoms with Crippen LogP contribution in [0, 0.1) is 6.92 Å². The van der Waals surface area contributed by atoms with E-state index in [4.69, 9.17) is 0 Å². The lowest BCUT2D eigenvalue weighted by Gasteiger charge is -2.07. The molecule has 5 nitrogen and oxygen atoms in total. The molecule has 1 aliphatic rings. The second kappa shape index (κ2) is 9.28. The van der Waals surface area contributed by atoms with Crippen molar-refractivity contribution in [1.82, 2.24) is 10.9 Å². The van der Waals surface area contributed by atoms with Crippen LogP contribution in [-0.2, 0) is 17.6 Å². The molecule has 0 aliphatic heterocycles. The first-order valence-electron chi connectivity index (χ1n) is 9.33. The highest BCUT2D eigenvalue weighted by Gasteiger charge is 2.17. The van der Waals surface area contributed by atoms with E-state index in [0.717, 1.165) is 17.7 Å². The molecule has 0 atom stereocenters. The van der Waals surface area contributed by atoms with Crippen LogP contribution in [0.15, 0.2) is 18.2 Å². The minimum Gasteiger partial charge on any atom is -0.293 e. The molecule has 0 bridgehead atoms. The molecular weight excluding hydrogens is 380 g/mol. The largest absolute Gasteiger partial charge is 0.293 e. The number of aryl methyl sites for hydroxylation is 3. The van der Waals surface area contributed by atoms with E-state index >= 15 is 0 Å². The summed E-state index contributed by atoms with van der Waals surface area (Å²) in [5.74, 6) is -0.701. The molecule has 2 heterocycles. The zero-order valence-corrected chi connectivity index (χ0v) is 17.1. The van der Waals surface area contributed by atoms with Gasteiger partial charge in [-0.2, -0.15) is 0 Å². The molecule has 0 spiro atoms. The smallest absolute Gasteiger partial charge is 0.279 e. The van der Waals surface area contributed by atoms with Gasteiger partial charge in [-0.1, -0.05) is 12.8 Å². The highest BCUT2D eigenvalue weighted by molar-refractivity contribution is 7.14. The summed E-state index contributed by atoms with van der Waals surface area (Å²) in [4.78, 5) is 40.0. The second-order valence-corrected chi connectivity index (χ2v) is 9.23. The number of nitrogens with one attached hydrogen (secondary N) is 2. The Labute approximate surface area is 167 Å². The number of hydrogen-bond donors (Lipinski definition) is 2. The minimum atomic E-state index is -0.361. The first-order chi connectivity index (χ1) is 13.0. The van der Waals surface area contributed by atoms with Gasteiger partial charge in [-0.15, -0.1) is 22.7 Å². The molecule has 0 unspecified atom stereocenters. The molecule has 7 heteroatoms. The third-order valence-corrected chi connectivity index (χ3v) is 6.91. The number of ketones is 1. The number of thiophene rings is 2. The normalized spacial score (nSPS) is 14.0. The molecule has 0 radical (unpaired) electrons. The van der Waals surface area contributed by atoms with E-state index in [1.54, 1.807) is 6.07 Å². The van der Waals surface area contributed by atoms with Crippen LogP contribution in [0.1, 0.15) is 73.2 Å². The minimum absolute atomic E-state index is 0.0485. The summed E-state index contributed by atoms with van der Waals surface area (Å²) in [6.45, 7) is 1.94. The Morgan fingerprint density at radius 2 is 1.70 bits per heavy atom. The maximum absolute atomic E-state index is 12.3. The van der Waals surface area contributed by atoms with Crippen molar-refractivity contribution in [2.45, 2.75) is 58.3 Å². The van der Waals surface area contributed by atoms with Crippen molar-refractivity contribution in [3.8, 4) is 0 Å². The molecule has 144 valence electrons. The fraction of sp³-hybridized carbons (Fsp3) is 0.450. The van der Waals surface area contributed by atoms with Crippen LogP contribution in [-0.4, -0.2) is 17.6 Å². The van der Waals surface area contributed by atoms with Gasteiger partial charge in [0.1, 0.15) is 0 Å². The Morgan fingerprint density at radius 3 is 2.44 bits per heavy atom. The predicted molar refractivity (Wildman–Crippen MR) is 108 cm³/mol. The standard InChI is InChI=1S/C20H24N2O3S2/c1-13-8-10-17(26-13)15(23)9-11-19(24)21-22-20(25)18-12-14-6-4-2-3-5-7-16(14)27-18/h8,10,12H,2-7,9,11H2,1H3,(H,21,24)(H,22,25). The maximum atomic E-state index is 12.3. The molecule has 1 aliphatic carbocycles. The number of fused-ring (bicyclic) bond motifs is 1. The molecule has 2 amide bonds. The zero-order valence-electron chi connectivity index (χ0n) is 15.4. The van der Waals surface area contributed by atoms with Crippen molar-refractivity contribution >= 4 is 40.3 Å². The number of Topliss-reactive ketones (excluding diaryl/α,β-unsaturated/α-hetero) is 1. The van der Waals surface area contributed by atoms with Gasteiger partial charge >= 0.3 is 0 Å². The first-order valence-corrected chi connectivity index (χ1v) is 11.0. The number of carbonyl (C=O) groups excluding carboxylic acids is 3. The summed E-state index contributed by atoms with van der Waals surface area (Å²) in [6, 6.07) is 5.63.